The first-order chi connectivity index (χ1) is 14.5. The first kappa shape index (κ1) is 19.3. The van der Waals surface area contributed by atoms with Crippen LogP contribution in [-0.2, 0) is 6.42 Å². The number of aromatic nitrogens is 4. The largest absolute Gasteiger partial charge is 0.383 e. The van der Waals surface area contributed by atoms with Crippen LogP contribution in [0.25, 0.3) is 21.9 Å². The summed E-state index contributed by atoms with van der Waals surface area (Å²) in [4.78, 5) is 13.1. The Morgan fingerprint density at radius 1 is 1.13 bits per heavy atom. The van der Waals surface area contributed by atoms with Crippen LogP contribution >= 0.6 is 15.9 Å². The molecule has 154 valence electrons. The van der Waals surface area contributed by atoms with Gasteiger partial charge >= 0.3 is 0 Å². The zero-order valence-electron chi connectivity index (χ0n) is 16.9. The molecule has 0 aliphatic heterocycles. The highest BCUT2D eigenvalue weighted by Gasteiger charge is 2.30. The molecular formula is C23H25BrN6. The van der Waals surface area contributed by atoms with E-state index in [-0.39, 0.29) is 0 Å². The van der Waals surface area contributed by atoms with Crippen molar-refractivity contribution in [2.24, 2.45) is 11.8 Å². The molecule has 1 fully saturated rings. The monoisotopic (exact) mass is 464 g/mol. The van der Waals surface area contributed by atoms with Crippen molar-refractivity contribution >= 4 is 49.5 Å². The van der Waals surface area contributed by atoms with Crippen molar-refractivity contribution in [3.05, 3.63) is 52.9 Å². The van der Waals surface area contributed by atoms with E-state index in [1.54, 1.807) is 6.33 Å². The second-order valence-corrected chi connectivity index (χ2v) is 9.36. The quantitative estimate of drug-likeness (QED) is 0.436. The van der Waals surface area contributed by atoms with Gasteiger partial charge in [-0.1, -0.05) is 19.1 Å². The van der Waals surface area contributed by atoms with E-state index in [9.17, 15) is 0 Å². The highest BCUT2D eigenvalue weighted by molar-refractivity contribution is 9.10. The van der Waals surface area contributed by atoms with Crippen molar-refractivity contribution in [1.29, 1.82) is 0 Å². The third-order valence-corrected chi connectivity index (χ3v) is 7.24. The summed E-state index contributed by atoms with van der Waals surface area (Å²) >= 11 is 3.46. The predicted molar refractivity (Wildman–Crippen MR) is 125 cm³/mol. The number of nitrogens with zero attached hydrogens (tertiary/aromatic N) is 4. The van der Waals surface area contributed by atoms with Gasteiger partial charge in [0.15, 0.2) is 0 Å². The SMILES string of the molecule is CC(Cc1ccc2cc(Br)c(N)nc2c1)C1CCC(n2ccc3c(N)ncnc32)C1. The van der Waals surface area contributed by atoms with Gasteiger partial charge in [0.25, 0.3) is 0 Å². The van der Waals surface area contributed by atoms with Crippen molar-refractivity contribution in [2.45, 2.75) is 38.6 Å². The first-order valence-electron chi connectivity index (χ1n) is 10.4. The van der Waals surface area contributed by atoms with Crippen molar-refractivity contribution < 1.29 is 0 Å². The van der Waals surface area contributed by atoms with Gasteiger partial charge in [-0.05, 0) is 77.2 Å². The van der Waals surface area contributed by atoms with Gasteiger partial charge in [0.1, 0.15) is 23.6 Å². The van der Waals surface area contributed by atoms with Crippen LogP contribution in [0.3, 0.4) is 0 Å². The zero-order chi connectivity index (χ0) is 20.8. The maximum Gasteiger partial charge on any atom is 0.145 e. The average Bonchev–Trinajstić information content (AvgIpc) is 3.37. The molecular weight excluding hydrogens is 440 g/mol. The van der Waals surface area contributed by atoms with Gasteiger partial charge in [0.05, 0.1) is 15.4 Å². The van der Waals surface area contributed by atoms with Crippen molar-refractivity contribution in [3.63, 3.8) is 0 Å². The van der Waals surface area contributed by atoms with Crippen LogP contribution in [0.4, 0.5) is 11.6 Å². The Balaban J connectivity index is 1.31. The Morgan fingerprint density at radius 2 is 2.00 bits per heavy atom. The summed E-state index contributed by atoms with van der Waals surface area (Å²) in [6.45, 7) is 2.37. The maximum atomic E-state index is 6.01. The lowest BCUT2D eigenvalue weighted by molar-refractivity contribution is 0.351. The van der Waals surface area contributed by atoms with Crippen molar-refractivity contribution in [1.82, 2.24) is 19.5 Å². The summed E-state index contributed by atoms with van der Waals surface area (Å²) < 4.78 is 3.14. The van der Waals surface area contributed by atoms with Gasteiger partial charge in [-0.25, -0.2) is 15.0 Å². The van der Waals surface area contributed by atoms with Gasteiger partial charge < -0.3 is 16.0 Å². The Kier molecular flexibility index (Phi) is 4.85. The molecule has 3 heterocycles. The lowest BCUT2D eigenvalue weighted by atomic mass is 9.87. The molecule has 1 aliphatic rings. The maximum absolute atomic E-state index is 6.01. The molecule has 1 saturated carbocycles. The molecule has 0 saturated heterocycles. The van der Waals surface area contributed by atoms with Gasteiger partial charge in [-0.2, -0.15) is 0 Å². The minimum Gasteiger partial charge on any atom is -0.383 e. The van der Waals surface area contributed by atoms with Gasteiger partial charge in [-0.15, -0.1) is 0 Å². The van der Waals surface area contributed by atoms with E-state index < -0.39 is 0 Å². The summed E-state index contributed by atoms with van der Waals surface area (Å²) in [5.41, 5.74) is 15.2. The molecule has 0 amide bonds. The molecule has 3 atom stereocenters. The van der Waals surface area contributed by atoms with Crippen LogP contribution in [0.2, 0.25) is 0 Å². The number of hydrogen-bond acceptors (Lipinski definition) is 5. The number of halogens is 1. The molecule has 0 bridgehead atoms. The molecule has 3 aromatic heterocycles. The molecule has 5 rings (SSSR count). The molecule has 3 unspecified atom stereocenters. The fraction of sp³-hybridized carbons (Fsp3) is 0.348. The Hall–Kier alpha value is -2.67. The summed E-state index contributed by atoms with van der Waals surface area (Å²) in [5.74, 6) is 2.38. The molecule has 0 radical (unpaired) electrons. The Labute approximate surface area is 183 Å². The van der Waals surface area contributed by atoms with E-state index in [1.165, 1.54) is 24.8 Å². The standard InChI is InChI=1S/C23H25BrN6/c1-13(8-14-2-3-16-11-19(24)22(26)29-20(16)9-14)15-4-5-17(10-15)30-7-6-18-21(25)27-12-28-23(18)30/h2-3,6-7,9,11-13,15,17H,4-5,8,10H2,1H3,(H2,26,29)(H2,25,27,28). The van der Waals surface area contributed by atoms with Gasteiger partial charge in [0, 0.05) is 17.6 Å². The number of hydrogen-bond donors (Lipinski definition) is 2. The highest BCUT2D eigenvalue weighted by atomic mass is 79.9. The summed E-state index contributed by atoms with van der Waals surface area (Å²) in [7, 11) is 0. The number of nitrogen functional groups attached to an aromatic ring is 2. The van der Waals surface area contributed by atoms with Gasteiger partial charge in [-0.3, -0.25) is 0 Å². The lowest BCUT2D eigenvalue weighted by Crippen LogP contribution is -2.13. The van der Waals surface area contributed by atoms with Crippen molar-refractivity contribution in [2.75, 3.05) is 11.5 Å². The van der Waals surface area contributed by atoms with Crippen LogP contribution < -0.4 is 11.5 Å². The topological polar surface area (TPSA) is 95.6 Å². The molecule has 0 spiro atoms. The smallest absolute Gasteiger partial charge is 0.145 e. The number of rotatable bonds is 4. The van der Waals surface area contributed by atoms with Crippen LogP contribution in [0.15, 0.2) is 47.3 Å². The van der Waals surface area contributed by atoms with Crippen LogP contribution in [-0.4, -0.2) is 19.5 Å². The number of nitrogens with two attached hydrogens (primary N) is 2. The van der Waals surface area contributed by atoms with E-state index in [0.717, 1.165) is 32.8 Å². The predicted octanol–water partition coefficient (Wildman–Crippen LogP) is 5.13. The normalized spacial score (nSPS) is 20.2. The Morgan fingerprint density at radius 3 is 2.87 bits per heavy atom. The zero-order valence-corrected chi connectivity index (χ0v) is 18.5. The van der Waals surface area contributed by atoms with E-state index in [2.05, 4.69) is 66.8 Å². The summed E-state index contributed by atoms with van der Waals surface area (Å²) in [6, 6.07) is 11.1. The number of fused-ring (bicyclic) bond motifs is 2. The van der Waals surface area contributed by atoms with E-state index >= 15 is 0 Å². The molecule has 1 aliphatic carbocycles. The second-order valence-electron chi connectivity index (χ2n) is 8.51. The second kappa shape index (κ2) is 7.54. The third-order valence-electron chi connectivity index (χ3n) is 6.60. The molecule has 1 aromatic carbocycles. The third kappa shape index (κ3) is 3.41. The number of anilines is 2. The number of benzene rings is 1. The van der Waals surface area contributed by atoms with Gasteiger partial charge in [0.2, 0.25) is 0 Å². The van der Waals surface area contributed by atoms with Crippen LogP contribution in [0, 0.1) is 11.8 Å². The minimum absolute atomic E-state index is 0.472. The molecule has 4 aromatic rings. The van der Waals surface area contributed by atoms with E-state index in [1.807, 2.05) is 12.1 Å². The number of pyridine rings is 1. The first-order valence-corrected chi connectivity index (χ1v) is 11.2. The highest BCUT2D eigenvalue weighted by Crippen LogP contribution is 2.41. The fourth-order valence-corrected chi connectivity index (χ4v) is 5.25. The molecule has 30 heavy (non-hydrogen) atoms. The van der Waals surface area contributed by atoms with Crippen molar-refractivity contribution in [3.8, 4) is 0 Å². The lowest BCUT2D eigenvalue weighted by Gasteiger charge is -2.20. The molecule has 6 nitrogen and oxygen atoms in total. The summed E-state index contributed by atoms with van der Waals surface area (Å²) in [6.07, 6.45) is 8.30. The van der Waals surface area contributed by atoms with E-state index in [0.29, 0.717) is 29.5 Å². The fourth-order valence-electron chi connectivity index (χ4n) is 4.91. The molecule has 7 heteroatoms. The Bertz CT molecular complexity index is 1230. The molecule has 4 N–H and O–H groups in total. The summed E-state index contributed by atoms with van der Waals surface area (Å²) in [5, 5.41) is 2.05. The van der Waals surface area contributed by atoms with Crippen LogP contribution in [0.5, 0.6) is 0 Å². The average molecular weight is 465 g/mol. The van der Waals surface area contributed by atoms with E-state index in [4.69, 9.17) is 11.5 Å². The van der Waals surface area contributed by atoms with Crippen LogP contribution in [0.1, 0.15) is 37.8 Å². The minimum atomic E-state index is 0.472.